The molecule has 0 heterocycles. The van der Waals surface area contributed by atoms with Crippen LogP contribution in [0.3, 0.4) is 0 Å². The maximum absolute atomic E-state index is 5.90. The van der Waals surface area contributed by atoms with E-state index in [1.54, 1.807) is 0 Å². The van der Waals surface area contributed by atoms with Gasteiger partial charge in [-0.2, -0.15) is 0 Å². The van der Waals surface area contributed by atoms with Crippen molar-refractivity contribution in [3.63, 3.8) is 0 Å². The van der Waals surface area contributed by atoms with E-state index < -0.39 is 0 Å². The summed E-state index contributed by atoms with van der Waals surface area (Å²) < 4.78 is 11.3. The number of nitrogens with two attached hydrogens (primary N) is 1. The van der Waals surface area contributed by atoms with Crippen LogP contribution in [0.2, 0.25) is 0 Å². The Morgan fingerprint density at radius 1 is 1.06 bits per heavy atom. The van der Waals surface area contributed by atoms with Crippen LogP contribution in [0, 0.1) is 5.41 Å². The fourth-order valence-corrected chi connectivity index (χ4v) is 2.57. The van der Waals surface area contributed by atoms with E-state index in [2.05, 4.69) is 0 Å². The smallest absolute Gasteiger partial charge is 0.119 e. The number of hydrogen-bond donors (Lipinski definition) is 1. The van der Waals surface area contributed by atoms with E-state index in [0.717, 1.165) is 24.7 Å². The molecule has 1 saturated carbocycles. The molecule has 1 aliphatic rings. The second-order valence-corrected chi connectivity index (χ2v) is 5.10. The van der Waals surface area contributed by atoms with Crippen molar-refractivity contribution in [1.29, 1.82) is 0 Å². The lowest BCUT2D eigenvalue weighted by atomic mass is 9.87. The van der Waals surface area contributed by atoms with Crippen LogP contribution in [0.5, 0.6) is 11.5 Å². The minimum atomic E-state index is 0.207. The number of ether oxygens (including phenoxy) is 2. The molecule has 18 heavy (non-hydrogen) atoms. The van der Waals surface area contributed by atoms with Gasteiger partial charge in [0.25, 0.3) is 0 Å². The average molecular weight is 249 g/mol. The Bertz CT molecular complexity index is 355. The molecule has 0 radical (unpaired) electrons. The molecule has 3 heteroatoms. The van der Waals surface area contributed by atoms with Crippen molar-refractivity contribution < 1.29 is 9.47 Å². The van der Waals surface area contributed by atoms with Crippen molar-refractivity contribution in [1.82, 2.24) is 0 Å². The van der Waals surface area contributed by atoms with Gasteiger partial charge in [0.1, 0.15) is 11.5 Å². The highest BCUT2D eigenvalue weighted by atomic mass is 16.5. The van der Waals surface area contributed by atoms with Crippen molar-refractivity contribution in [2.75, 3.05) is 19.8 Å². The molecular weight excluding hydrogens is 226 g/mol. The first kappa shape index (κ1) is 13.2. The summed E-state index contributed by atoms with van der Waals surface area (Å²) in [5.41, 5.74) is 6.10. The van der Waals surface area contributed by atoms with Gasteiger partial charge >= 0.3 is 0 Å². The first-order valence-corrected chi connectivity index (χ1v) is 6.84. The molecule has 0 unspecified atom stereocenters. The zero-order valence-electron chi connectivity index (χ0n) is 11.2. The highest BCUT2D eigenvalue weighted by Crippen LogP contribution is 2.37. The first-order valence-electron chi connectivity index (χ1n) is 6.84. The molecule has 1 aromatic carbocycles. The zero-order chi connectivity index (χ0) is 12.8. The maximum Gasteiger partial charge on any atom is 0.119 e. The van der Waals surface area contributed by atoms with E-state index in [0.29, 0.717) is 6.61 Å². The standard InChI is InChI=1S/C15H23NO2/c1-2-17-13-5-7-14(8-6-13)18-12-15(11-16)9-3-4-10-15/h5-8H,2-4,9-12,16H2,1H3. The summed E-state index contributed by atoms with van der Waals surface area (Å²) in [4.78, 5) is 0. The minimum Gasteiger partial charge on any atom is -0.494 e. The van der Waals surface area contributed by atoms with Crippen LogP contribution in [0.4, 0.5) is 0 Å². The van der Waals surface area contributed by atoms with E-state index in [1.807, 2.05) is 31.2 Å². The molecule has 0 amide bonds. The second-order valence-electron chi connectivity index (χ2n) is 5.10. The molecule has 2 rings (SSSR count). The number of benzene rings is 1. The summed E-state index contributed by atoms with van der Waals surface area (Å²) in [6.45, 7) is 4.13. The molecular formula is C15H23NO2. The molecule has 1 aromatic rings. The van der Waals surface area contributed by atoms with Gasteiger partial charge < -0.3 is 15.2 Å². The van der Waals surface area contributed by atoms with Gasteiger partial charge in [0.2, 0.25) is 0 Å². The second kappa shape index (κ2) is 6.10. The Labute approximate surface area is 109 Å². The molecule has 0 aromatic heterocycles. The van der Waals surface area contributed by atoms with E-state index in [4.69, 9.17) is 15.2 Å². The molecule has 0 saturated heterocycles. The van der Waals surface area contributed by atoms with Crippen molar-refractivity contribution in [2.24, 2.45) is 11.1 Å². The van der Waals surface area contributed by atoms with E-state index >= 15 is 0 Å². The SMILES string of the molecule is CCOc1ccc(OCC2(CN)CCCC2)cc1. The molecule has 2 N–H and O–H groups in total. The van der Waals surface area contributed by atoms with Crippen LogP contribution in [0.15, 0.2) is 24.3 Å². The third kappa shape index (κ3) is 3.16. The summed E-state index contributed by atoms with van der Waals surface area (Å²) in [5.74, 6) is 1.79. The monoisotopic (exact) mass is 249 g/mol. The topological polar surface area (TPSA) is 44.5 Å². The van der Waals surface area contributed by atoms with Crippen molar-refractivity contribution in [3.05, 3.63) is 24.3 Å². The third-order valence-electron chi connectivity index (χ3n) is 3.78. The van der Waals surface area contributed by atoms with Crippen molar-refractivity contribution in [2.45, 2.75) is 32.6 Å². The quantitative estimate of drug-likeness (QED) is 0.843. The molecule has 0 aliphatic heterocycles. The largest absolute Gasteiger partial charge is 0.494 e. The highest BCUT2D eigenvalue weighted by Gasteiger charge is 2.33. The van der Waals surface area contributed by atoms with E-state index in [1.165, 1.54) is 25.7 Å². The highest BCUT2D eigenvalue weighted by molar-refractivity contribution is 5.31. The molecule has 100 valence electrons. The third-order valence-corrected chi connectivity index (χ3v) is 3.78. The Balaban J connectivity index is 1.89. The predicted octanol–water partition coefficient (Wildman–Crippen LogP) is 2.98. The van der Waals surface area contributed by atoms with Gasteiger partial charge in [0.15, 0.2) is 0 Å². The lowest BCUT2D eigenvalue weighted by Crippen LogP contribution is -2.33. The van der Waals surface area contributed by atoms with E-state index in [9.17, 15) is 0 Å². The summed E-state index contributed by atoms with van der Waals surface area (Å²) in [6.07, 6.45) is 4.95. The van der Waals surface area contributed by atoms with Gasteiger partial charge in [0.05, 0.1) is 13.2 Å². The van der Waals surface area contributed by atoms with Crippen molar-refractivity contribution in [3.8, 4) is 11.5 Å². The van der Waals surface area contributed by atoms with Crippen molar-refractivity contribution >= 4 is 0 Å². The van der Waals surface area contributed by atoms with Gasteiger partial charge in [-0.15, -0.1) is 0 Å². The van der Waals surface area contributed by atoms with Crippen LogP contribution in [0.25, 0.3) is 0 Å². The fourth-order valence-electron chi connectivity index (χ4n) is 2.57. The van der Waals surface area contributed by atoms with Crippen LogP contribution >= 0.6 is 0 Å². The van der Waals surface area contributed by atoms with Crippen LogP contribution in [0.1, 0.15) is 32.6 Å². The van der Waals surface area contributed by atoms with Gasteiger partial charge in [0, 0.05) is 12.0 Å². The van der Waals surface area contributed by atoms with E-state index in [-0.39, 0.29) is 5.41 Å². The molecule has 0 spiro atoms. The minimum absolute atomic E-state index is 0.207. The summed E-state index contributed by atoms with van der Waals surface area (Å²) in [7, 11) is 0. The fraction of sp³-hybridized carbons (Fsp3) is 0.600. The van der Waals surface area contributed by atoms with Gasteiger partial charge in [-0.1, -0.05) is 12.8 Å². The normalized spacial score (nSPS) is 17.7. The first-order chi connectivity index (χ1) is 8.78. The Hall–Kier alpha value is -1.22. The van der Waals surface area contributed by atoms with Gasteiger partial charge in [-0.3, -0.25) is 0 Å². The molecule has 0 bridgehead atoms. The Morgan fingerprint density at radius 2 is 1.61 bits per heavy atom. The summed E-state index contributed by atoms with van der Waals surface area (Å²) >= 11 is 0. The van der Waals surface area contributed by atoms with Crippen LogP contribution < -0.4 is 15.2 Å². The summed E-state index contributed by atoms with van der Waals surface area (Å²) in [5, 5.41) is 0. The number of hydrogen-bond acceptors (Lipinski definition) is 3. The molecule has 1 fully saturated rings. The maximum atomic E-state index is 5.90. The van der Waals surface area contributed by atoms with Gasteiger partial charge in [-0.05, 0) is 44.0 Å². The average Bonchev–Trinajstić information content (AvgIpc) is 2.88. The number of rotatable bonds is 6. The van der Waals surface area contributed by atoms with Gasteiger partial charge in [-0.25, -0.2) is 0 Å². The lowest BCUT2D eigenvalue weighted by molar-refractivity contribution is 0.157. The van der Waals surface area contributed by atoms with Crippen LogP contribution in [-0.2, 0) is 0 Å². The zero-order valence-corrected chi connectivity index (χ0v) is 11.2. The molecule has 3 nitrogen and oxygen atoms in total. The van der Waals surface area contributed by atoms with Crippen LogP contribution in [-0.4, -0.2) is 19.8 Å². The molecule has 1 aliphatic carbocycles. The molecule has 0 atom stereocenters. The Kier molecular flexibility index (Phi) is 4.48. The predicted molar refractivity (Wildman–Crippen MR) is 73.1 cm³/mol. The summed E-state index contributed by atoms with van der Waals surface area (Å²) in [6, 6.07) is 7.82. The lowest BCUT2D eigenvalue weighted by Gasteiger charge is -2.27. The Morgan fingerprint density at radius 3 is 2.11 bits per heavy atom.